The molecule has 0 amide bonds. The van der Waals surface area contributed by atoms with Gasteiger partial charge < -0.3 is 0 Å². The first-order chi connectivity index (χ1) is 6.15. The second kappa shape index (κ2) is 4.56. The molecule has 0 saturated carbocycles. The normalized spacial score (nSPS) is 11.9. The number of rotatable bonds is 2. The number of halogens is 2. The van der Waals surface area contributed by atoms with Crippen LogP contribution in [0.4, 0.5) is 0 Å². The lowest BCUT2D eigenvalue weighted by molar-refractivity contribution is 0.559. The minimum Gasteiger partial charge on any atom is -0.211 e. The van der Waals surface area contributed by atoms with Crippen molar-refractivity contribution in [2.45, 2.75) is 13.0 Å². The van der Waals surface area contributed by atoms with Crippen LogP contribution < -0.4 is 0 Å². The van der Waals surface area contributed by atoms with Gasteiger partial charge in [0.05, 0.1) is 6.04 Å². The smallest absolute Gasteiger partial charge is 0.211 e. The van der Waals surface area contributed by atoms with E-state index < -0.39 is 0 Å². The second-order valence-electron chi connectivity index (χ2n) is 2.56. The summed E-state index contributed by atoms with van der Waals surface area (Å²) in [5.74, 6) is 0. The Morgan fingerprint density at radius 1 is 1.62 bits per heavy atom. The van der Waals surface area contributed by atoms with Crippen molar-refractivity contribution in [2.24, 2.45) is 4.99 Å². The molecule has 0 heterocycles. The highest BCUT2D eigenvalue weighted by molar-refractivity contribution is 9.10. The summed E-state index contributed by atoms with van der Waals surface area (Å²) in [5, 5.41) is 0.631. The summed E-state index contributed by atoms with van der Waals surface area (Å²) >= 11 is 9.15. The molecule has 0 aliphatic rings. The lowest BCUT2D eigenvalue weighted by Gasteiger charge is -2.07. The minimum absolute atomic E-state index is 0.217. The van der Waals surface area contributed by atoms with Crippen LogP contribution in [0.3, 0.4) is 0 Å². The van der Waals surface area contributed by atoms with Gasteiger partial charge in [-0.05, 0) is 30.7 Å². The van der Waals surface area contributed by atoms with E-state index in [0.29, 0.717) is 5.02 Å². The molecule has 0 radical (unpaired) electrons. The lowest BCUT2D eigenvalue weighted by Crippen LogP contribution is -1.90. The molecule has 0 saturated heterocycles. The molecule has 1 atom stereocenters. The van der Waals surface area contributed by atoms with Gasteiger partial charge in [-0.15, -0.1) is 0 Å². The Kier molecular flexibility index (Phi) is 3.67. The zero-order chi connectivity index (χ0) is 9.84. The minimum atomic E-state index is -0.217. The average molecular weight is 261 g/mol. The molecule has 0 aliphatic heterocycles. The average Bonchev–Trinajstić information content (AvgIpc) is 2.09. The molecular formula is C9H7BrClNO. The van der Waals surface area contributed by atoms with Crippen LogP contribution in [-0.2, 0) is 4.79 Å². The highest BCUT2D eigenvalue weighted by atomic mass is 79.9. The summed E-state index contributed by atoms with van der Waals surface area (Å²) in [5.41, 5.74) is 0.885. The third kappa shape index (κ3) is 2.66. The third-order valence-electron chi connectivity index (χ3n) is 1.65. The lowest BCUT2D eigenvalue weighted by atomic mass is 10.1. The van der Waals surface area contributed by atoms with Crippen molar-refractivity contribution >= 4 is 33.6 Å². The fraction of sp³-hybridized carbons (Fsp3) is 0.222. The molecule has 0 bridgehead atoms. The van der Waals surface area contributed by atoms with Crippen molar-refractivity contribution < 1.29 is 4.79 Å². The van der Waals surface area contributed by atoms with Crippen molar-refractivity contribution in [3.63, 3.8) is 0 Å². The van der Waals surface area contributed by atoms with Gasteiger partial charge in [-0.3, -0.25) is 0 Å². The van der Waals surface area contributed by atoms with Gasteiger partial charge in [-0.1, -0.05) is 27.5 Å². The van der Waals surface area contributed by atoms with Crippen LogP contribution in [0.25, 0.3) is 0 Å². The maximum Gasteiger partial charge on any atom is 0.235 e. The molecule has 1 aromatic rings. The highest BCUT2D eigenvalue weighted by Gasteiger charge is 2.07. The van der Waals surface area contributed by atoms with E-state index in [4.69, 9.17) is 11.6 Å². The van der Waals surface area contributed by atoms with E-state index in [-0.39, 0.29) is 6.04 Å². The van der Waals surface area contributed by atoms with E-state index in [0.717, 1.165) is 10.0 Å². The molecule has 4 heteroatoms. The van der Waals surface area contributed by atoms with E-state index in [1.165, 1.54) is 6.08 Å². The molecule has 1 unspecified atom stereocenters. The Labute approximate surface area is 89.8 Å². The number of isocyanates is 1. The van der Waals surface area contributed by atoms with Crippen molar-refractivity contribution in [1.82, 2.24) is 0 Å². The predicted octanol–water partition coefficient (Wildman–Crippen LogP) is 3.50. The fourth-order valence-electron chi connectivity index (χ4n) is 0.983. The monoisotopic (exact) mass is 259 g/mol. The fourth-order valence-corrected chi connectivity index (χ4v) is 1.74. The molecule has 0 aliphatic carbocycles. The third-order valence-corrected chi connectivity index (χ3v) is 2.61. The van der Waals surface area contributed by atoms with E-state index in [9.17, 15) is 4.79 Å². The first-order valence-electron chi connectivity index (χ1n) is 3.67. The van der Waals surface area contributed by atoms with Crippen molar-refractivity contribution in [3.05, 3.63) is 33.3 Å². The molecule has 0 fully saturated rings. The quantitative estimate of drug-likeness (QED) is 0.591. The molecule has 13 heavy (non-hydrogen) atoms. The zero-order valence-electron chi connectivity index (χ0n) is 6.92. The van der Waals surface area contributed by atoms with E-state index in [2.05, 4.69) is 20.9 Å². The molecular weight excluding hydrogens is 253 g/mol. The van der Waals surface area contributed by atoms with Crippen molar-refractivity contribution in [3.8, 4) is 0 Å². The molecule has 0 aromatic heterocycles. The highest BCUT2D eigenvalue weighted by Crippen LogP contribution is 2.28. The van der Waals surface area contributed by atoms with Crippen LogP contribution in [0.2, 0.25) is 5.02 Å². The maximum absolute atomic E-state index is 10.0. The number of aliphatic imine (C=N–C) groups is 1. The van der Waals surface area contributed by atoms with Gasteiger partial charge in [0.15, 0.2) is 0 Å². The summed E-state index contributed by atoms with van der Waals surface area (Å²) in [6.45, 7) is 1.81. The first kappa shape index (κ1) is 10.5. The topological polar surface area (TPSA) is 29.4 Å². The summed E-state index contributed by atoms with van der Waals surface area (Å²) in [6, 6.07) is 5.16. The van der Waals surface area contributed by atoms with E-state index in [1.807, 2.05) is 6.07 Å². The molecule has 68 valence electrons. The summed E-state index contributed by atoms with van der Waals surface area (Å²) < 4.78 is 0.892. The number of nitrogens with zero attached hydrogens (tertiary/aromatic N) is 1. The van der Waals surface area contributed by atoms with Gasteiger partial charge in [0, 0.05) is 9.50 Å². The molecule has 2 nitrogen and oxygen atoms in total. The Morgan fingerprint density at radius 3 is 2.92 bits per heavy atom. The zero-order valence-corrected chi connectivity index (χ0v) is 9.26. The summed E-state index contributed by atoms with van der Waals surface area (Å²) in [7, 11) is 0. The van der Waals surface area contributed by atoms with Gasteiger partial charge in [-0.25, -0.2) is 4.79 Å². The van der Waals surface area contributed by atoms with Gasteiger partial charge >= 0.3 is 0 Å². The maximum atomic E-state index is 10.0. The SMILES string of the molecule is CC(N=C=O)c1cc(Cl)ccc1Br. The van der Waals surface area contributed by atoms with Gasteiger partial charge in [0.1, 0.15) is 0 Å². The first-order valence-corrected chi connectivity index (χ1v) is 4.84. The molecule has 0 spiro atoms. The van der Waals surface area contributed by atoms with E-state index in [1.54, 1.807) is 19.1 Å². The second-order valence-corrected chi connectivity index (χ2v) is 3.85. The number of benzene rings is 1. The Hall–Kier alpha value is -0.630. The summed E-state index contributed by atoms with van der Waals surface area (Å²) in [6.07, 6.45) is 1.52. The summed E-state index contributed by atoms with van der Waals surface area (Å²) in [4.78, 5) is 13.6. The number of hydrogen-bond acceptors (Lipinski definition) is 2. The molecule has 1 rings (SSSR count). The van der Waals surface area contributed by atoms with E-state index >= 15 is 0 Å². The van der Waals surface area contributed by atoms with Crippen molar-refractivity contribution in [1.29, 1.82) is 0 Å². The Morgan fingerprint density at radius 2 is 2.31 bits per heavy atom. The van der Waals surface area contributed by atoms with Gasteiger partial charge in [-0.2, -0.15) is 4.99 Å². The van der Waals surface area contributed by atoms with Gasteiger partial charge in [0.2, 0.25) is 6.08 Å². The van der Waals surface area contributed by atoms with Crippen LogP contribution in [0, 0.1) is 0 Å². The Balaban J connectivity index is 3.12. The number of carbonyl (C=O) groups excluding carboxylic acids is 1. The van der Waals surface area contributed by atoms with Crippen LogP contribution >= 0.6 is 27.5 Å². The van der Waals surface area contributed by atoms with Crippen LogP contribution in [0.5, 0.6) is 0 Å². The standard InChI is InChI=1S/C9H7BrClNO/c1-6(12-5-13)8-4-7(11)2-3-9(8)10/h2-4,6H,1H3. The van der Waals surface area contributed by atoms with Crippen molar-refractivity contribution in [2.75, 3.05) is 0 Å². The Bertz CT molecular complexity index is 361. The number of hydrogen-bond donors (Lipinski definition) is 0. The van der Waals surface area contributed by atoms with Crippen LogP contribution in [0.1, 0.15) is 18.5 Å². The van der Waals surface area contributed by atoms with Crippen LogP contribution in [-0.4, -0.2) is 6.08 Å². The molecule has 0 N–H and O–H groups in total. The molecule has 1 aromatic carbocycles. The predicted molar refractivity (Wildman–Crippen MR) is 55.7 cm³/mol. The largest absolute Gasteiger partial charge is 0.235 e. The van der Waals surface area contributed by atoms with Gasteiger partial charge in [0.25, 0.3) is 0 Å². The van der Waals surface area contributed by atoms with Crippen LogP contribution in [0.15, 0.2) is 27.7 Å².